The van der Waals surface area contributed by atoms with E-state index in [-0.39, 0.29) is 5.82 Å². The van der Waals surface area contributed by atoms with E-state index in [4.69, 9.17) is 4.74 Å². The summed E-state index contributed by atoms with van der Waals surface area (Å²) in [5.74, 6) is 0.324. The first-order chi connectivity index (χ1) is 15.1. The van der Waals surface area contributed by atoms with Gasteiger partial charge in [0.2, 0.25) is 0 Å². The number of fused-ring (bicyclic) bond motifs is 1. The number of amides is 2. The quantitative estimate of drug-likeness (QED) is 0.343. The predicted octanol–water partition coefficient (Wildman–Crippen LogP) is 4.99. The molecule has 0 aliphatic rings. The zero-order chi connectivity index (χ0) is 21.6. The predicted molar refractivity (Wildman–Crippen MR) is 120 cm³/mol. The number of hydrogen-bond donors (Lipinski definition) is 2. The number of para-hydroxylation sites is 2. The Kier molecular flexibility index (Phi) is 5.93. The third-order valence-electron chi connectivity index (χ3n) is 4.77. The average molecular weight is 416 g/mol. The van der Waals surface area contributed by atoms with Gasteiger partial charge >= 0.3 is 6.03 Å². The second kappa shape index (κ2) is 9.13. The molecule has 31 heavy (non-hydrogen) atoms. The highest BCUT2D eigenvalue weighted by atomic mass is 19.1. The molecule has 4 rings (SSSR count). The summed E-state index contributed by atoms with van der Waals surface area (Å²) in [7, 11) is 1.54. The monoisotopic (exact) mass is 416 g/mol. The zero-order valence-electron chi connectivity index (χ0n) is 16.9. The lowest BCUT2D eigenvalue weighted by molar-refractivity contribution is 0.252. The molecular weight excluding hydrogens is 395 g/mol. The molecule has 1 heterocycles. The summed E-state index contributed by atoms with van der Waals surface area (Å²) in [4.78, 5) is 12.1. The van der Waals surface area contributed by atoms with Crippen molar-refractivity contribution in [2.45, 2.75) is 6.54 Å². The Morgan fingerprint density at radius 2 is 1.97 bits per heavy atom. The zero-order valence-corrected chi connectivity index (χ0v) is 16.9. The van der Waals surface area contributed by atoms with Crippen LogP contribution in [0.25, 0.3) is 10.9 Å². The summed E-state index contributed by atoms with van der Waals surface area (Å²) in [6.07, 6.45) is 3.54. The van der Waals surface area contributed by atoms with Crippen molar-refractivity contribution in [2.75, 3.05) is 12.4 Å². The number of ether oxygens (including phenoxy) is 1. The fraction of sp³-hybridized carbons (Fsp3) is 0.0833. The van der Waals surface area contributed by atoms with Crippen LogP contribution in [0.4, 0.5) is 14.9 Å². The van der Waals surface area contributed by atoms with E-state index in [1.165, 1.54) is 19.2 Å². The van der Waals surface area contributed by atoms with Crippen LogP contribution in [0.15, 0.2) is 84.1 Å². The van der Waals surface area contributed by atoms with Crippen LogP contribution in [-0.4, -0.2) is 23.9 Å². The SMILES string of the molecule is COc1ccccc1NC(=O)N/N=C\c1ccc2c(ccn2Cc2cccc(F)c2)c1. The highest BCUT2D eigenvalue weighted by Gasteiger charge is 2.06. The van der Waals surface area contributed by atoms with E-state index in [9.17, 15) is 9.18 Å². The van der Waals surface area contributed by atoms with E-state index in [0.29, 0.717) is 18.0 Å². The number of aromatic nitrogens is 1. The van der Waals surface area contributed by atoms with Crippen LogP contribution in [0.2, 0.25) is 0 Å². The molecule has 2 amide bonds. The van der Waals surface area contributed by atoms with E-state index in [1.54, 1.807) is 30.5 Å². The van der Waals surface area contributed by atoms with E-state index in [0.717, 1.165) is 22.0 Å². The molecule has 6 nitrogen and oxygen atoms in total. The lowest BCUT2D eigenvalue weighted by atomic mass is 10.1. The third-order valence-corrected chi connectivity index (χ3v) is 4.77. The minimum atomic E-state index is -0.469. The molecule has 0 spiro atoms. The van der Waals surface area contributed by atoms with Gasteiger partial charge in [-0.3, -0.25) is 0 Å². The van der Waals surface area contributed by atoms with Crippen molar-refractivity contribution in [3.05, 3.63) is 95.9 Å². The summed E-state index contributed by atoms with van der Waals surface area (Å²) in [6.45, 7) is 0.583. The molecule has 0 saturated heterocycles. The maximum Gasteiger partial charge on any atom is 0.339 e. The average Bonchev–Trinajstić information content (AvgIpc) is 3.16. The molecule has 3 aromatic carbocycles. The maximum atomic E-state index is 13.4. The number of hydrazone groups is 1. The number of nitrogens with zero attached hydrogens (tertiary/aromatic N) is 2. The van der Waals surface area contributed by atoms with Gasteiger partial charge in [-0.05, 0) is 53.6 Å². The number of methoxy groups -OCH3 is 1. The number of carbonyl (C=O) groups is 1. The van der Waals surface area contributed by atoms with Crippen LogP contribution in [0, 0.1) is 5.82 Å². The molecule has 0 aliphatic heterocycles. The van der Waals surface area contributed by atoms with Crippen LogP contribution in [0.3, 0.4) is 0 Å². The first-order valence-corrected chi connectivity index (χ1v) is 9.69. The fourth-order valence-electron chi connectivity index (χ4n) is 3.33. The Morgan fingerprint density at radius 1 is 1.10 bits per heavy atom. The normalized spacial score (nSPS) is 11.0. The summed E-state index contributed by atoms with van der Waals surface area (Å²) in [5, 5.41) is 7.72. The summed E-state index contributed by atoms with van der Waals surface area (Å²) >= 11 is 0. The van der Waals surface area contributed by atoms with Gasteiger partial charge in [-0.2, -0.15) is 5.10 Å². The van der Waals surface area contributed by atoms with Gasteiger partial charge in [0.15, 0.2) is 0 Å². The van der Waals surface area contributed by atoms with Crippen molar-refractivity contribution < 1.29 is 13.9 Å². The van der Waals surface area contributed by atoms with Crippen molar-refractivity contribution in [1.29, 1.82) is 0 Å². The third kappa shape index (κ3) is 4.90. The molecule has 0 atom stereocenters. The molecular formula is C24H21FN4O2. The van der Waals surface area contributed by atoms with Crippen LogP contribution in [0.5, 0.6) is 5.75 Å². The first kappa shape index (κ1) is 20.2. The number of anilines is 1. The summed E-state index contributed by atoms with van der Waals surface area (Å²) < 4.78 is 20.7. The molecule has 7 heteroatoms. The maximum absolute atomic E-state index is 13.4. The number of urea groups is 1. The molecule has 0 radical (unpaired) electrons. The number of rotatable bonds is 6. The van der Waals surface area contributed by atoms with Crippen LogP contribution >= 0.6 is 0 Å². The van der Waals surface area contributed by atoms with E-state index < -0.39 is 6.03 Å². The van der Waals surface area contributed by atoms with Gasteiger partial charge in [0.05, 0.1) is 19.0 Å². The van der Waals surface area contributed by atoms with Crippen molar-refractivity contribution in [3.63, 3.8) is 0 Å². The van der Waals surface area contributed by atoms with Gasteiger partial charge < -0.3 is 14.6 Å². The smallest absolute Gasteiger partial charge is 0.339 e. The molecule has 0 saturated carbocycles. The highest BCUT2D eigenvalue weighted by Crippen LogP contribution is 2.22. The van der Waals surface area contributed by atoms with Gasteiger partial charge in [-0.25, -0.2) is 14.6 Å². The van der Waals surface area contributed by atoms with Crippen molar-refractivity contribution in [3.8, 4) is 5.75 Å². The number of halogens is 1. The van der Waals surface area contributed by atoms with Crippen molar-refractivity contribution in [1.82, 2.24) is 9.99 Å². The molecule has 0 aliphatic carbocycles. The van der Waals surface area contributed by atoms with Crippen LogP contribution in [0.1, 0.15) is 11.1 Å². The Labute approximate surface area is 179 Å². The second-order valence-corrected chi connectivity index (χ2v) is 6.92. The lowest BCUT2D eigenvalue weighted by Crippen LogP contribution is -2.24. The summed E-state index contributed by atoms with van der Waals surface area (Å²) in [5.41, 5.74) is 5.77. The molecule has 4 aromatic rings. The first-order valence-electron chi connectivity index (χ1n) is 9.69. The molecule has 0 bridgehead atoms. The standard InChI is InChI=1S/C24H21FN4O2/c1-31-23-8-3-2-7-21(23)27-24(30)28-26-15-17-9-10-22-19(13-17)11-12-29(22)16-18-5-4-6-20(25)14-18/h2-15H,16H2,1H3,(H2,27,28,30)/b26-15-. The van der Waals surface area contributed by atoms with Gasteiger partial charge in [0, 0.05) is 23.6 Å². The van der Waals surface area contributed by atoms with Crippen molar-refractivity contribution in [2.24, 2.45) is 5.10 Å². The highest BCUT2D eigenvalue weighted by molar-refractivity contribution is 5.93. The number of benzene rings is 3. The van der Waals surface area contributed by atoms with Gasteiger partial charge in [-0.1, -0.05) is 30.3 Å². The molecule has 156 valence electrons. The van der Waals surface area contributed by atoms with Crippen LogP contribution < -0.4 is 15.5 Å². The Bertz CT molecular complexity index is 1250. The van der Waals surface area contributed by atoms with Gasteiger partial charge in [-0.15, -0.1) is 0 Å². The van der Waals surface area contributed by atoms with Gasteiger partial charge in [0.1, 0.15) is 11.6 Å². The summed E-state index contributed by atoms with van der Waals surface area (Å²) in [6, 6.07) is 21.1. The van der Waals surface area contributed by atoms with E-state index in [2.05, 4.69) is 20.4 Å². The fourth-order valence-corrected chi connectivity index (χ4v) is 3.33. The Balaban J connectivity index is 1.41. The Morgan fingerprint density at radius 3 is 2.81 bits per heavy atom. The number of carbonyl (C=O) groups excluding carboxylic acids is 1. The minimum Gasteiger partial charge on any atom is -0.495 e. The number of nitrogens with one attached hydrogen (secondary N) is 2. The van der Waals surface area contributed by atoms with Crippen molar-refractivity contribution >= 4 is 28.8 Å². The van der Waals surface area contributed by atoms with E-state index >= 15 is 0 Å². The minimum absolute atomic E-state index is 0.241. The number of hydrogen-bond acceptors (Lipinski definition) is 3. The topological polar surface area (TPSA) is 67.7 Å². The Hall–Kier alpha value is -4.13. The molecule has 1 aromatic heterocycles. The van der Waals surface area contributed by atoms with Gasteiger partial charge in [0.25, 0.3) is 0 Å². The van der Waals surface area contributed by atoms with E-state index in [1.807, 2.05) is 42.6 Å². The second-order valence-electron chi connectivity index (χ2n) is 6.92. The molecule has 0 unspecified atom stereocenters. The molecule has 2 N–H and O–H groups in total. The largest absolute Gasteiger partial charge is 0.495 e. The molecule has 0 fully saturated rings. The lowest BCUT2D eigenvalue weighted by Gasteiger charge is -2.08. The van der Waals surface area contributed by atoms with Crippen LogP contribution in [-0.2, 0) is 6.54 Å².